The predicted molar refractivity (Wildman–Crippen MR) is 87.3 cm³/mol. The molecular weight excluding hydrogens is 316 g/mol. The van der Waals surface area contributed by atoms with Gasteiger partial charge in [-0.2, -0.15) is 5.48 Å². The molecule has 0 bridgehead atoms. The van der Waals surface area contributed by atoms with Crippen LogP contribution in [0.3, 0.4) is 0 Å². The van der Waals surface area contributed by atoms with E-state index < -0.39 is 0 Å². The van der Waals surface area contributed by atoms with Crippen molar-refractivity contribution in [1.82, 2.24) is 21.0 Å². The molecule has 3 saturated heterocycles. The number of nitrogens with one attached hydrogen (secondary N) is 3. The van der Waals surface area contributed by atoms with E-state index in [9.17, 15) is 4.79 Å². The van der Waals surface area contributed by atoms with Crippen LogP contribution in [0.1, 0.15) is 38.5 Å². The number of amides is 1. The third-order valence-corrected chi connectivity index (χ3v) is 6.07. The van der Waals surface area contributed by atoms with Gasteiger partial charge in [0.2, 0.25) is 5.91 Å². The lowest BCUT2D eigenvalue weighted by Gasteiger charge is -2.35. The van der Waals surface area contributed by atoms with E-state index in [2.05, 4.69) is 21.0 Å². The number of piperidine rings is 2. The summed E-state index contributed by atoms with van der Waals surface area (Å²) in [6.45, 7) is 2.73. The second-order valence-electron chi connectivity index (χ2n) is 7.44. The van der Waals surface area contributed by atoms with E-state index in [1.165, 1.54) is 0 Å². The van der Waals surface area contributed by atoms with Crippen LogP contribution in [0.5, 0.6) is 0 Å². The van der Waals surface area contributed by atoms with Gasteiger partial charge in [-0.3, -0.25) is 14.9 Å². The lowest BCUT2D eigenvalue weighted by atomic mass is 9.92. The molecule has 4 aliphatic rings. The van der Waals surface area contributed by atoms with Gasteiger partial charge in [0.15, 0.2) is 0 Å². The first kappa shape index (κ1) is 16.1. The van der Waals surface area contributed by atoms with Gasteiger partial charge in [-0.15, -0.1) is 11.6 Å². The summed E-state index contributed by atoms with van der Waals surface area (Å²) in [5.74, 6) is 1.70. The summed E-state index contributed by atoms with van der Waals surface area (Å²) < 4.78 is 0. The van der Waals surface area contributed by atoms with Gasteiger partial charge in [0, 0.05) is 24.9 Å². The van der Waals surface area contributed by atoms with Crippen LogP contribution in [0.25, 0.3) is 0 Å². The van der Waals surface area contributed by atoms with Crippen LogP contribution >= 0.6 is 11.6 Å². The minimum absolute atomic E-state index is 0.0504. The molecule has 0 spiro atoms. The summed E-state index contributed by atoms with van der Waals surface area (Å²) in [5.41, 5.74) is 3.24. The highest BCUT2D eigenvalue weighted by atomic mass is 35.5. The number of rotatable bonds is 3. The third kappa shape index (κ3) is 3.66. The number of likely N-dealkylation sites (tertiary alicyclic amines) is 1. The molecular formula is C16H27ClN4O2. The molecule has 1 saturated carbocycles. The Labute approximate surface area is 142 Å². The molecule has 4 unspecified atom stereocenters. The monoisotopic (exact) mass is 342 g/mol. The van der Waals surface area contributed by atoms with Gasteiger partial charge >= 0.3 is 0 Å². The number of hydrogen-bond acceptors (Lipinski definition) is 5. The molecule has 3 N–H and O–H groups in total. The fourth-order valence-corrected chi connectivity index (χ4v) is 4.40. The van der Waals surface area contributed by atoms with Crippen molar-refractivity contribution in [3.8, 4) is 0 Å². The maximum Gasteiger partial charge on any atom is 0.225 e. The quantitative estimate of drug-likeness (QED) is 0.527. The SMILES string of the molecule is O=C(C1CC1)N1CCC(C2NOC(C3CCNC(Cl)C3)N2)CC1. The van der Waals surface area contributed by atoms with Crippen molar-refractivity contribution >= 4 is 17.5 Å². The van der Waals surface area contributed by atoms with Crippen LogP contribution < -0.4 is 16.1 Å². The predicted octanol–water partition coefficient (Wildman–Crippen LogP) is 0.976. The average molecular weight is 343 g/mol. The fourth-order valence-electron chi connectivity index (χ4n) is 4.07. The highest BCUT2D eigenvalue weighted by Gasteiger charge is 2.40. The topological polar surface area (TPSA) is 65.6 Å². The molecule has 23 heavy (non-hydrogen) atoms. The Morgan fingerprint density at radius 2 is 1.87 bits per heavy atom. The van der Waals surface area contributed by atoms with E-state index in [0.717, 1.165) is 58.2 Å². The third-order valence-electron chi connectivity index (χ3n) is 5.73. The Morgan fingerprint density at radius 3 is 2.57 bits per heavy atom. The lowest BCUT2D eigenvalue weighted by molar-refractivity contribution is -0.134. The molecule has 1 amide bonds. The van der Waals surface area contributed by atoms with Crippen molar-refractivity contribution in [1.29, 1.82) is 0 Å². The Bertz CT molecular complexity index is 440. The standard InChI is InChI=1S/C16H27ClN4O2/c17-13-9-12(3-6-18-13)15-19-14(20-23-15)10-4-7-21(8-5-10)16(22)11-1-2-11/h10-15,18-20H,1-9H2. The first-order valence-electron chi connectivity index (χ1n) is 9.04. The first-order chi connectivity index (χ1) is 11.2. The van der Waals surface area contributed by atoms with Gasteiger partial charge in [-0.25, -0.2) is 0 Å². The van der Waals surface area contributed by atoms with Crippen molar-refractivity contribution in [2.45, 2.75) is 56.4 Å². The summed E-state index contributed by atoms with van der Waals surface area (Å²) >= 11 is 6.20. The van der Waals surface area contributed by atoms with E-state index in [4.69, 9.17) is 16.4 Å². The van der Waals surface area contributed by atoms with E-state index in [1.807, 2.05) is 0 Å². The second kappa shape index (κ2) is 6.84. The average Bonchev–Trinajstić information content (AvgIpc) is 3.31. The number of halogens is 1. The van der Waals surface area contributed by atoms with Crippen LogP contribution in [0.2, 0.25) is 0 Å². The molecule has 0 aromatic rings. The second-order valence-corrected chi connectivity index (χ2v) is 7.97. The zero-order valence-corrected chi connectivity index (χ0v) is 14.2. The molecule has 130 valence electrons. The molecule has 0 aromatic carbocycles. The molecule has 6 nitrogen and oxygen atoms in total. The number of carbonyl (C=O) groups is 1. The van der Waals surface area contributed by atoms with Crippen LogP contribution in [-0.4, -0.2) is 48.3 Å². The highest BCUT2D eigenvalue weighted by Crippen LogP contribution is 2.33. The Hall–Kier alpha value is -0.400. The van der Waals surface area contributed by atoms with Crippen LogP contribution in [0, 0.1) is 17.8 Å². The summed E-state index contributed by atoms with van der Waals surface area (Å²) in [6, 6.07) is 0. The van der Waals surface area contributed by atoms with Gasteiger partial charge in [0.1, 0.15) is 6.23 Å². The zero-order valence-electron chi connectivity index (χ0n) is 13.5. The number of hydroxylamine groups is 1. The van der Waals surface area contributed by atoms with Gasteiger partial charge in [0.25, 0.3) is 0 Å². The van der Waals surface area contributed by atoms with Crippen molar-refractivity contribution in [2.75, 3.05) is 19.6 Å². The van der Waals surface area contributed by atoms with Gasteiger partial charge < -0.3 is 10.2 Å². The number of nitrogens with zero attached hydrogens (tertiary/aromatic N) is 1. The maximum absolute atomic E-state index is 12.1. The Morgan fingerprint density at radius 1 is 1.09 bits per heavy atom. The number of carbonyl (C=O) groups excluding carboxylic acids is 1. The maximum atomic E-state index is 12.1. The summed E-state index contributed by atoms with van der Waals surface area (Å²) in [6.07, 6.45) is 6.55. The smallest absolute Gasteiger partial charge is 0.225 e. The lowest BCUT2D eigenvalue weighted by Crippen LogP contribution is -2.49. The van der Waals surface area contributed by atoms with Crippen LogP contribution in [0.15, 0.2) is 0 Å². The molecule has 3 aliphatic heterocycles. The molecule has 3 heterocycles. The fraction of sp³-hybridized carbons (Fsp3) is 0.938. The highest BCUT2D eigenvalue weighted by molar-refractivity contribution is 6.20. The first-order valence-corrected chi connectivity index (χ1v) is 9.48. The molecule has 0 radical (unpaired) electrons. The Balaban J connectivity index is 1.25. The summed E-state index contributed by atoms with van der Waals surface area (Å²) in [4.78, 5) is 20.0. The van der Waals surface area contributed by atoms with Crippen LogP contribution in [0.4, 0.5) is 0 Å². The zero-order chi connectivity index (χ0) is 15.8. The largest absolute Gasteiger partial charge is 0.342 e. The molecule has 4 atom stereocenters. The van der Waals surface area contributed by atoms with E-state index in [1.54, 1.807) is 0 Å². The van der Waals surface area contributed by atoms with E-state index in [0.29, 0.717) is 23.7 Å². The van der Waals surface area contributed by atoms with E-state index >= 15 is 0 Å². The van der Waals surface area contributed by atoms with Crippen molar-refractivity contribution in [3.05, 3.63) is 0 Å². The van der Waals surface area contributed by atoms with Gasteiger partial charge in [0.05, 0.1) is 11.7 Å². The van der Waals surface area contributed by atoms with Crippen LogP contribution in [-0.2, 0) is 9.63 Å². The van der Waals surface area contributed by atoms with Crippen molar-refractivity contribution in [3.63, 3.8) is 0 Å². The molecule has 0 aromatic heterocycles. The molecule has 4 rings (SSSR count). The van der Waals surface area contributed by atoms with Crippen molar-refractivity contribution in [2.24, 2.45) is 17.8 Å². The molecule has 4 fully saturated rings. The minimum Gasteiger partial charge on any atom is -0.342 e. The summed E-state index contributed by atoms with van der Waals surface area (Å²) in [7, 11) is 0. The van der Waals surface area contributed by atoms with Gasteiger partial charge in [-0.05, 0) is 51.0 Å². The minimum atomic E-state index is 0.0504. The normalized spacial score (nSPS) is 39.6. The van der Waals surface area contributed by atoms with E-state index in [-0.39, 0.29) is 17.9 Å². The number of hydrogen-bond donors (Lipinski definition) is 3. The van der Waals surface area contributed by atoms with Gasteiger partial charge in [-0.1, -0.05) is 0 Å². The van der Waals surface area contributed by atoms with Crippen molar-refractivity contribution < 1.29 is 9.63 Å². The number of alkyl halides is 1. The summed E-state index contributed by atoms with van der Waals surface area (Å²) in [5, 5.41) is 6.87. The molecule has 7 heteroatoms. The Kier molecular flexibility index (Phi) is 4.79. The molecule has 1 aliphatic carbocycles.